The maximum absolute atomic E-state index is 12.4. The second kappa shape index (κ2) is 2.68. The Hall–Kier alpha value is -0.800. The van der Waals surface area contributed by atoms with Crippen molar-refractivity contribution in [3.05, 3.63) is 23.8 Å². The fourth-order valence-corrected chi connectivity index (χ4v) is 0.877. The molecule has 11 heavy (non-hydrogen) atoms. The molecule has 62 valence electrons. The van der Waals surface area contributed by atoms with Crippen LogP contribution in [0.1, 0.15) is 6.42 Å². The number of allylic oxidation sites excluding steroid dienone is 3. The molecule has 1 aliphatic rings. The van der Waals surface area contributed by atoms with E-state index in [1.807, 2.05) is 0 Å². The van der Waals surface area contributed by atoms with Crippen molar-refractivity contribution in [3.8, 4) is 0 Å². The van der Waals surface area contributed by atoms with Crippen LogP contribution in [0.25, 0.3) is 0 Å². The van der Waals surface area contributed by atoms with Crippen molar-refractivity contribution in [2.45, 2.75) is 18.8 Å². The molecule has 0 aromatic rings. The van der Waals surface area contributed by atoms with Crippen molar-refractivity contribution in [1.82, 2.24) is 0 Å². The highest BCUT2D eigenvalue weighted by Crippen LogP contribution is 2.33. The number of halogens is 4. The van der Waals surface area contributed by atoms with E-state index >= 15 is 0 Å². The zero-order chi connectivity index (χ0) is 8.59. The van der Waals surface area contributed by atoms with Gasteiger partial charge in [0.2, 0.25) is 0 Å². The van der Waals surface area contributed by atoms with Crippen molar-refractivity contribution >= 4 is 0 Å². The molecule has 1 aliphatic carbocycles. The summed E-state index contributed by atoms with van der Waals surface area (Å²) in [7, 11) is 0. The van der Waals surface area contributed by atoms with Gasteiger partial charge in [0, 0.05) is 6.42 Å². The summed E-state index contributed by atoms with van der Waals surface area (Å²) >= 11 is 0. The van der Waals surface area contributed by atoms with E-state index in [1.54, 1.807) is 0 Å². The highest BCUT2D eigenvalue weighted by Gasteiger charge is 2.34. The van der Waals surface area contributed by atoms with Crippen LogP contribution in [0, 0.1) is 0 Å². The summed E-state index contributed by atoms with van der Waals surface area (Å²) in [5.74, 6) is -3.01. The van der Waals surface area contributed by atoms with Crippen molar-refractivity contribution in [1.29, 1.82) is 0 Å². The first kappa shape index (κ1) is 8.30. The van der Waals surface area contributed by atoms with Gasteiger partial charge in [-0.05, 0) is 5.57 Å². The first-order valence-electron chi connectivity index (χ1n) is 3.05. The lowest BCUT2D eigenvalue weighted by atomic mass is 9.98. The van der Waals surface area contributed by atoms with Crippen LogP contribution in [0.4, 0.5) is 17.6 Å². The number of hydrogen-bond acceptors (Lipinski definition) is 0. The van der Waals surface area contributed by atoms with Crippen LogP contribution in [0.3, 0.4) is 0 Å². The quantitative estimate of drug-likeness (QED) is 0.485. The molecule has 0 bridgehead atoms. The average molecular weight is 166 g/mol. The van der Waals surface area contributed by atoms with Crippen molar-refractivity contribution in [2.75, 3.05) is 0 Å². The van der Waals surface area contributed by atoms with E-state index < -0.39 is 30.4 Å². The summed E-state index contributed by atoms with van der Waals surface area (Å²) in [5.41, 5.74) is -0.316. The summed E-state index contributed by atoms with van der Waals surface area (Å²) in [6.45, 7) is 3.05. The Balaban J connectivity index is 2.98. The van der Waals surface area contributed by atoms with Crippen LogP contribution in [0.5, 0.6) is 0 Å². The molecule has 0 spiro atoms. The topological polar surface area (TPSA) is 0 Å². The molecule has 0 amide bonds. The molecule has 0 saturated carbocycles. The normalized spacial score (nSPS) is 32.9. The number of rotatable bonds is 0. The first-order chi connectivity index (χ1) is 5.04. The third-order valence-electron chi connectivity index (χ3n) is 1.52. The minimum atomic E-state index is -2.46. The zero-order valence-corrected chi connectivity index (χ0v) is 5.58. The Kier molecular flexibility index (Phi) is 2.02. The van der Waals surface area contributed by atoms with Gasteiger partial charge in [0.25, 0.3) is 0 Å². The molecular formula is C7H6F4. The Morgan fingerprint density at radius 2 is 1.82 bits per heavy atom. The third kappa shape index (κ3) is 1.29. The van der Waals surface area contributed by atoms with Crippen LogP contribution < -0.4 is 0 Å². The van der Waals surface area contributed by atoms with E-state index in [1.165, 1.54) is 0 Å². The molecule has 4 heteroatoms. The molecule has 0 radical (unpaired) electrons. The van der Waals surface area contributed by atoms with E-state index in [2.05, 4.69) is 6.58 Å². The summed E-state index contributed by atoms with van der Waals surface area (Å²) in [4.78, 5) is 0. The molecule has 2 unspecified atom stereocenters. The summed E-state index contributed by atoms with van der Waals surface area (Å²) < 4.78 is 49.4. The lowest BCUT2D eigenvalue weighted by Gasteiger charge is -2.18. The predicted octanol–water partition coefficient (Wildman–Crippen LogP) is 2.77. The second-order valence-corrected chi connectivity index (χ2v) is 2.39. The molecule has 0 saturated heterocycles. The summed E-state index contributed by atoms with van der Waals surface area (Å²) in [6.07, 6.45) is -4.93. The van der Waals surface area contributed by atoms with Gasteiger partial charge in [0.1, 0.15) is 6.17 Å². The number of alkyl halides is 2. The van der Waals surface area contributed by atoms with Gasteiger partial charge in [0.15, 0.2) is 17.8 Å². The molecular weight excluding hydrogens is 160 g/mol. The lowest BCUT2D eigenvalue weighted by Crippen LogP contribution is -2.23. The highest BCUT2D eigenvalue weighted by atomic mass is 19.2. The van der Waals surface area contributed by atoms with Crippen molar-refractivity contribution in [2.24, 2.45) is 0 Å². The zero-order valence-electron chi connectivity index (χ0n) is 5.58. The molecule has 0 N–H and O–H groups in total. The Bertz CT molecular complexity index is 218. The molecule has 0 aliphatic heterocycles. The van der Waals surface area contributed by atoms with E-state index in [9.17, 15) is 17.6 Å². The molecule has 2 atom stereocenters. The molecule has 0 fully saturated rings. The smallest absolute Gasteiger partial charge is 0.186 e. The second-order valence-electron chi connectivity index (χ2n) is 2.39. The first-order valence-corrected chi connectivity index (χ1v) is 3.05. The van der Waals surface area contributed by atoms with Crippen LogP contribution >= 0.6 is 0 Å². The summed E-state index contributed by atoms with van der Waals surface area (Å²) in [6, 6.07) is 0. The maximum Gasteiger partial charge on any atom is 0.186 e. The fourth-order valence-electron chi connectivity index (χ4n) is 0.877. The maximum atomic E-state index is 12.4. The van der Waals surface area contributed by atoms with Gasteiger partial charge in [0.05, 0.1) is 0 Å². The van der Waals surface area contributed by atoms with E-state index in [0.29, 0.717) is 0 Å². The average Bonchev–Trinajstić information content (AvgIpc) is 1.97. The molecule has 0 aromatic heterocycles. The van der Waals surface area contributed by atoms with E-state index in [4.69, 9.17) is 0 Å². The molecule has 0 heterocycles. The minimum Gasteiger partial charge on any atom is -0.243 e. The van der Waals surface area contributed by atoms with Crippen LogP contribution in [-0.2, 0) is 0 Å². The lowest BCUT2D eigenvalue weighted by molar-refractivity contribution is 0.157. The van der Waals surface area contributed by atoms with Crippen LogP contribution in [-0.4, -0.2) is 12.3 Å². The van der Waals surface area contributed by atoms with Crippen LogP contribution in [0.2, 0.25) is 0 Å². The van der Waals surface area contributed by atoms with Gasteiger partial charge >= 0.3 is 0 Å². The van der Waals surface area contributed by atoms with E-state index in [0.717, 1.165) is 0 Å². The largest absolute Gasteiger partial charge is 0.243 e. The van der Waals surface area contributed by atoms with Gasteiger partial charge in [-0.2, -0.15) is 0 Å². The Labute approximate surface area is 61.2 Å². The SMILES string of the molecule is C=C1CC(F)C(F)C(F)=C1F. The van der Waals surface area contributed by atoms with Gasteiger partial charge in [-0.15, -0.1) is 0 Å². The van der Waals surface area contributed by atoms with Crippen LogP contribution in [0.15, 0.2) is 23.8 Å². The van der Waals surface area contributed by atoms with Gasteiger partial charge < -0.3 is 0 Å². The highest BCUT2D eigenvalue weighted by molar-refractivity contribution is 5.31. The minimum absolute atomic E-state index is 0.316. The van der Waals surface area contributed by atoms with Crippen molar-refractivity contribution < 1.29 is 17.6 Å². The van der Waals surface area contributed by atoms with Gasteiger partial charge in [-0.1, -0.05) is 6.58 Å². The number of hydrogen-bond donors (Lipinski definition) is 0. The standard InChI is InChI=1S/C7H6F4/c1-3-2-4(8)6(10)7(11)5(3)9/h4,6H,1-2H2. The molecule has 0 aromatic carbocycles. The molecule has 0 nitrogen and oxygen atoms in total. The third-order valence-corrected chi connectivity index (χ3v) is 1.52. The van der Waals surface area contributed by atoms with Crippen molar-refractivity contribution in [3.63, 3.8) is 0 Å². The summed E-state index contributed by atoms with van der Waals surface area (Å²) in [5, 5.41) is 0. The molecule has 1 rings (SSSR count). The predicted molar refractivity (Wildman–Crippen MR) is 32.8 cm³/mol. The van der Waals surface area contributed by atoms with Gasteiger partial charge in [-0.3, -0.25) is 0 Å². The fraction of sp³-hybridized carbons (Fsp3) is 0.429. The Morgan fingerprint density at radius 1 is 1.27 bits per heavy atom. The monoisotopic (exact) mass is 166 g/mol. The van der Waals surface area contributed by atoms with E-state index in [-0.39, 0.29) is 5.57 Å². The van der Waals surface area contributed by atoms with Gasteiger partial charge in [-0.25, -0.2) is 17.6 Å². The Morgan fingerprint density at radius 3 is 2.36 bits per heavy atom.